The summed E-state index contributed by atoms with van der Waals surface area (Å²) in [6.07, 6.45) is -4.20. The van der Waals surface area contributed by atoms with Gasteiger partial charge in [-0.15, -0.1) is 0 Å². The molecule has 0 bridgehead atoms. The second-order valence-electron chi connectivity index (χ2n) is 6.32. The standard InChI is InChI=1S/C16H20N2O9S2/c19-7-11-13(20)14(21)15(22)16(26-11)28-12(18-27-29(23,24)25)5-8-6-17-10-4-2-1-3-9(8)10/h1-4,6,11,13-17,19-22H,5,7H2,(H,23,24,25)/p-1/b18-12+/t11-,13-,14+,15-,16+/m1/s1. The highest BCUT2D eigenvalue weighted by Gasteiger charge is 2.44. The Bertz CT molecular complexity index is 976. The molecular weight excluding hydrogens is 428 g/mol. The summed E-state index contributed by atoms with van der Waals surface area (Å²) >= 11 is 0.699. The maximum Gasteiger partial charge on any atom is 0.284 e. The number of rotatable bonds is 6. The third kappa shape index (κ3) is 5.26. The van der Waals surface area contributed by atoms with Gasteiger partial charge in [0.25, 0.3) is 10.4 Å². The molecule has 0 unspecified atom stereocenters. The van der Waals surface area contributed by atoms with Gasteiger partial charge >= 0.3 is 0 Å². The SMILES string of the molecule is O=S(=O)([O-])O/N=C(\Cc1c[nH]c2ccccc12)S[C@@H]1O[C@H](CO)[C@@H](O)[C@H](O)[C@H]1O. The van der Waals surface area contributed by atoms with Gasteiger partial charge in [0.15, 0.2) is 0 Å². The minimum absolute atomic E-state index is 0.0131. The van der Waals surface area contributed by atoms with E-state index < -0.39 is 46.9 Å². The second kappa shape index (κ2) is 8.97. The van der Waals surface area contributed by atoms with Gasteiger partial charge in [-0.2, -0.15) is 8.42 Å². The van der Waals surface area contributed by atoms with Gasteiger partial charge in [-0.3, -0.25) is 4.28 Å². The number of H-pyrrole nitrogens is 1. The van der Waals surface area contributed by atoms with Gasteiger partial charge in [0.05, 0.1) is 6.61 Å². The Hall–Kier alpha value is -1.71. The van der Waals surface area contributed by atoms with Gasteiger partial charge in [-0.25, -0.2) is 0 Å². The maximum absolute atomic E-state index is 10.8. The van der Waals surface area contributed by atoms with Crippen LogP contribution in [0.4, 0.5) is 0 Å². The summed E-state index contributed by atoms with van der Waals surface area (Å²) in [6.45, 7) is -0.623. The summed E-state index contributed by atoms with van der Waals surface area (Å²) in [5.41, 5.74) is 0.299. The molecule has 2 heterocycles. The Morgan fingerprint density at radius 2 is 1.97 bits per heavy atom. The molecular formula is C16H19N2O9S2-. The predicted octanol–water partition coefficient (Wildman–Crippen LogP) is -0.966. The Balaban J connectivity index is 1.85. The van der Waals surface area contributed by atoms with E-state index >= 15 is 0 Å². The van der Waals surface area contributed by atoms with E-state index in [9.17, 15) is 33.4 Å². The number of aromatic amines is 1. The van der Waals surface area contributed by atoms with E-state index in [1.165, 1.54) is 0 Å². The van der Waals surface area contributed by atoms with Crippen LogP contribution in [0.1, 0.15) is 5.56 Å². The lowest BCUT2D eigenvalue weighted by Crippen LogP contribution is -2.57. The van der Waals surface area contributed by atoms with Crippen molar-refractivity contribution in [1.82, 2.24) is 4.98 Å². The molecule has 3 rings (SSSR count). The van der Waals surface area contributed by atoms with Crippen LogP contribution >= 0.6 is 11.8 Å². The molecule has 13 heteroatoms. The fourth-order valence-corrected chi connectivity index (χ4v) is 4.24. The topological polar surface area (TPSA) is 185 Å². The second-order valence-corrected chi connectivity index (χ2v) is 8.46. The third-order valence-corrected chi connectivity index (χ3v) is 5.72. The van der Waals surface area contributed by atoms with Crippen LogP contribution in [0, 0.1) is 0 Å². The number of hydrogen-bond donors (Lipinski definition) is 5. The summed E-state index contributed by atoms with van der Waals surface area (Å²) in [4.78, 5) is 3.04. The van der Waals surface area contributed by atoms with Crippen LogP contribution in [0.15, 0.2) is 35.6 Å². The number of aliphatic hydroxyl groups is 4. The smallest absolute Gasteiger partial charge is 0.284 e. The summed E-state index contributed by atoms with van der Waals surface area (Å²) in [6, 6.07) is 7.29. The van der Waals surface area contributed by atoms with Crippen molar-refractivity contribution in [2.45, 2.75) is 36.3 Å². The fraction of sp³-hybridized carbons (Fsp3) is 0.438. The highest BCUT2D eigenvalue weighted by atomic mass is 32.3. The molecule has 29 heavy (non-hydrogen) atoms. The molecule has 0 saturated carbocycles. The molecule has 5 N–H and O–H groups in total. The first-order valence-corrected chi connectivity index (χ1v) is 10.6. The van der Waals surface area contributed by atoms with Crippen molar-refractivity contribution >= 4 is 38.1 Å². The van der Waals surface area contributed by atoms with Gasteiger partial charge in [-0.05, 0) is 11.6 Å². The lowest BCUT2D eigenvalue weighted by Gasteiger charge is -2.39. The van der Waals surface area contributed by atoms with Crippen molar-refractivity contribution in [2.75, 3.05) is 6.61 Å². The largest absolute Gasteiger partial charge is 0.714 e. The minimum Gasteiger partial charge on any atom is -0.714 e. The zero-order valence-corrected chi connectivity index (χ0v) is 16.4. The first kappa shape index (κ1) is 22.0. The molecule has 0 amide bonds. The lowest BCUT2D eigenvalue weighted by molar-refractivity contribution is -0.205. The van der Waals surface area contributed by atoms with E-state index in [0.717, 1.165) is 10.9 Å². The molecule has 1 fully saturated rings. The van der Waals surface area contributed by atoms with Crippen LogP contribution in [-0.2, 0) is 25.8 Å². The molecule has 1 aromatic heterocycles. The zero-order valence-electron chi connectivity index (χ0n) is 14.8. The van der Waals surface area contributed by atoms with E-state index in [0.29, 0.717) is 17.3 Å². The van der Waals surface area contributed by atoms with Gasteiger partial charge < -0.3 is 34.7 Å². The van der Waals surface area contributed by atoms with Gasteiger partial charge in [0, 0.05) is 23.5 Å². The average Bonchev–Trinajstić information content (AvgIpc) is 3.08. The van der Waals surface area contributed by atoms with Crippen molar-refractivity contribution < 1.29 is 42.4 Å². The molecule has 5 atom stereocenters. The molecule has 0 radical (unpaired) electrons. The van der Waals surface area contributed by atoms with Crippen LogP contribution in [0.25, 0.3) is 10.9 Å². The van der Waals surface area contributed by atoms with E-state index in [4.69, 9.17) is 4.74 Å². The number of oxime groups is 1. The molecule has 1 saturated heterocycles. The van der Waals surface area contributed by atoms with Crippen molar-refractivity contribution in [3.63, 3.8) is 0 Å². The molecule has 1 aromatic carbocycles. The first-order valence-electron chi connectivity index (χ1n) is 8.43. The predicted molar refractivity (Wildman–Crippen MR) is 102 cm³/mol. The summed E-state index contributed by atoms with van der Waals surface area (Å²) in [5, 5.41) is 43.4. The number of aromatic nitrogens is 1. The Kier molecular flexibility index (Phi) is 6.80. The number of nitrogens with zero attached hydrogens (tertiary/aromatic N) is 1. The Morgan fingerprint density at radius 1 is 1.24 bits per heavy atom. The number of hydrogen-bond acceptors (Lipinski definition) is 11. The van der Waals surface area contributed by atoms with Crippen LogP contribution < -0.4 is 0 Å². The molecule has 0 spiro atoms. The third-order valence-electron chi connectivity index (χ3n) is 4.35. The molecule has 0 aliphatic carbocycles. The van der Waals surface area contributed by atoms with Crippen LogP contribution in [0.2, 0.25) is 0 Å². The zero-order chi connectivity index (χ0) is 21.2. The van der Waals surface area contributed by atoms with Crippen molar-refractivity contribution in [3.8, 4) is 0 Å². The normalized spacial score (nSPS) is 28.6. The van der Waals surface area contributed by atoms with Crippen molar-refractivity contribution in [1.29, 1.82) is 0 Å². The fourth-order valence-electron chi connectivity index (χ4n) is 2.92. The van der Waals surface area contributed by atoms with Gasteiger partial charge in [-0.1, -0.05) is 35.1 Å². The average molecular weight is 447 g/mol. The number of benzene rings is 1. The van der Waals surface area contributed by atoms with Crippen molar-refractivity contribution in [3.05, 3.63) is 36.0 Å². The van der Waals surface area contributed by atoms with E-state index in [2.05, 4.69) is 14.4 Å². The summed E-state index contributed by atoms with van der Waals surface area (Å²) in [5.74, 6) is 0. The molecule has 160 valence electrons. The number of para-hydroxylation sites is 1. The number of nitrogens with one attached hydrogen (secondary N) is 1. The number of ether oxygens (including phenoxy) is 1. The molecule has 1 aliphatic heterocycles. The summed E-state index contributed by atoms with van der Waals surface area (Å²) in [7, 11) is -5.12. The molecule has 2 aromatic rings. The Morgan fingerprint density at radius 3 is 2.66 bits per heavy atom. The first-order chi connectivity index (χ1) is 13.7. The lowest BCUT2D eigenvalue weighted by atomic mass is 10.0. The van der Waals surface area contributed by atoms with Crippen LogP contribution in [0.3, 0.4) is 0 Å². The molecule has 1 aliphatic rings. The highest BCUT2D eigenvalue weighted by Crippen LogP contribution is 2.31. The maximum atomic E-state index is 10.8. The van der Waals surface area contributed by atoms with Crippen LogP contribution in [-0.4, -0.2) is 79.9 Å². The number of aliphatic hydroxyl groups excluding tert-OH is 4. The number of fused-ring (bicyclic) bond motifs is 1. The quantitative estimate of drug-likeness (QED) is 0.121. The monoisotopic (exact) mass is 447 g/mol. The van der Waals surface area contributed by atoms with E-state index in [1.807, 2.05) is 18.2 Å². The van der Waals surface area contributed by atoms with E-state index in [-0.39, 0.29) is 11.5 Å². The van der Waals surface area contributed by atoms with Gasteiger partial charge in [0.1, 0.15) is 34.9 Å². The Labute approximate surface area is 169 Å². The summed E-state index contributed by atoms with van der Waals surface area (Å²) < 4.78 is 41.8. The van der Waals surface area contributed by atoms with Crippen molar-refractivity contribution in [2.24, 2.45) is 5.16 Å². The van der Waals surface area contributed by atoms with Crippen LogP contribution in [0.5, 0.6) is 0 Å². The minimum atomic E-state index is -5.12. The number of thioether (sulfide) groups is 1. The van der Waals surface area contributed by atoms with E-state index in [1.54, 1.807) is 12.3 Å². The van der Waals surface area contributed by atoms with Gasteiger partial charge in [0.2, 0.25) is 0 Å². The highest BCUT2D eigenvalue weighted by molar-refractivity contribution is 8.14. The molecule has 11 nitrogen and oxygen atoms in total.